The van der Waals surface area contributed by atoms with Crippen molar-refractivity contribution in [3.8, 4) is 0 Å². The van der Waals surface area contributed by atoms with Gasteiger partial charge >= 0.3 is 0 Å². The molecule has 0 bridgehead atoms. The average Bonchev–Trinajstić information content (AvgIpc) is 1.37. The Kier molecular flexibility index (Phi) is 67.5. The van der Waals surface area contributed by atoms with Gasteiger partial charge in [-0.2, -0.15) is 0 Å². The van der Waals surface area contributed by atoms with Crippen LogP contribution in [0.25, 0.3) is 0 Å². The fourth-order valence-electron chi connectivity index (χ4n) is 0. The van der Waals surface area contributed by atoms with Gasteiger partial charge in [0.15, 0.2) is 0 Å². The molecule has 6 heavy (non-hydrogen) atoms. The summed E-state index contributed by atoms with van der Waals surface area (Å²) in [6, 6.07) is 0. The third kappa shape index (κ3) is 65.7. The maximum atomic E-state index is 9.10. The van der Waals surface area contributed by atoms with E-state index in [0.717, 1.165) is 0 Å². The van der Waals surface area contributed by atoms with Crippen molar-refractivity contribution in [2.24, 2.45) is 4.36 Å². The van der Waals surface area contributed by atoms with E-state index in [9.17, 15) is 0 Å². The first kappa shape index (κ1) is 17.5. The molecule has 0 N–H and O–H groups in total. The van der Waals surface area contributed by atoms with Crippen LogP contribution in [0.2, 0.25) is 0 Å². The summed E-state index contributed by atoms with van der Waals surface area (Å²) in [6.07, 6.45) is 0. The summed E-state index contributed by atoms with van der Waals surface area (Å²) in [6.45, 7) is 0. The zero-order valence-electron chi connectivity index (χ0n) is 3.39. The molecule has 0 atom stereocenters. The third-order valence-electron chi connectivity index (χ3n) is 0.0816. The van der Waals surface area contributed by atoms with Crippen molar-refractivity contribution in [1.82, 2.24) is 0 Å². The molecule has 35 valence electrons. The molecule has 0 saturated carbocycles. The first-order valence-corrected chi connectivity index (χ1v) is 1.59. The second kappa shape index (κ2) is 23.2. The minimum Gasteiger partial charge on any atom is -0.447 e. The van der Waals surface area contributed by atoms with Gasteiger partial charge in [-0.25, -0.2) is 11.5 Å². The van der Waals surface area contributed by atoms with Gasteiger partial charge in [-0.3, -0.25) is 0 Å². The number of thiol groups is 1. The number of hydrogen-bond acceptors (Lipinski definition) is 3. The fraction of sp³-hybridized carbons (Fsp3) is 1.00. The van der Waals surface area contributed by atoms with Crippen LogP contribution in [-0.2, 0) is 36.1 Å². The molecule has 0 saturated heterocycles. The molecule has 0 heterocycles. The van der Waals surface area contributed by atoms with Crippen molar-refractivity contribution in [2.45, 2.75) is 0 Å². The molecule has 1 radical (unpaired) electrons. The fourth-order valence-corrected chi connectivity index (χ4v) is 0. The Balaban J connectivity index is -0.0000000450. The molecular weight excluding hydrogens is 527 g/mol. The Bertz CT molecular complexity index is 53.5. The van der Waals surface area contributed by atoms with Gasteiger partial charge in [0, 0.05) is 27.5 Å². The van der Waals surface area contributed by atoms with Crippen LogP contribution in [0, 0.1) is 0 Å². The topological polar surface area (TPSA) is 29.4 Å². The van der Waals surface area contributed by atoms with Crippen molar-refractivity contribution >= 4 is 11.5 Å². The largest absolute Gasteiger partial charge is 0.447 e. The zero-order valence-corrected chi connectivity index (χ0v) is 13.4. The van der Waals surface area contributed by atoms with Crippen molar-refractivity contribution < 1.29 is 24.6 Å². The van der Waals surface area contributed by atoms with Gasteiger partial charge in [0.05, 0.1) is 0 Å². The van der Waals surface area contributed by atoms with E-state index in [2.05, 4.69) is 4.36 Å². The van der Waals surface area contributed by atoms with E-state index >= 15 is 0 Å². The molecule has 0 aliphatic heterocycles. The van der Waals surface area contributed by atoms with Crippen molar-refractivity contribution in [2.75, 3.05) is 7.05 Å². The van der Waals surface area contributed by atoms with Crippen LogP contribution in [-0.4, -0.2) is 7.05 Å². The SMILES string of the molecule is CN=[SH-]=O.[Re].[Rf]. The molecule has 0 aromatic heterocycles. The number of hydrogen-bond donors (Lipinski definition) is 0. The molecule has 0 aromatic carbocycles. The van der Waals surface area contributed by atoms with Gasteiger partial charge in [0.2, 0.25) is 0 Å². The Morgan fingerprint density at radius 3 is 1.83 bits per heavy atom. The summed E-state index contributed by atoms with van der Waals surface area (Å²) >= 11 is -0.127. The van der Waals surface area contributed by atoms with E-state index < -0.39 is 0 Å². The predicted molar refractivity (Wildman–Crippen MR) is 17.8 cm³/mol. The minimum absolute atomic E-state index is 0. The summed E-state index contributed by atoms with van der Waals surface area (Å²) in [5, 5.41) is 0. The summed E-state index contributed by atoms with van der Waals surface area (Å²) in [5.41, 5.74) is 0. The smallest absolute Gasteiger partial charge is 0.000515 e. The molecule has 5 heteroatoms. The summed E-state index contributed by atoms with van der Waals surface area (Å²) < 4.78 is 12.3. The van der Waals surface area contributed by atoms with E-state index in [-0.39, 0.29) is 31.9 Å². The molecule has 0 unspecified atom stereocenters. The Morgan fingerprint density at radius 2 is 1.83 bits per heavy atom. The van der Waals surface area contributed by atoms with Gasteiger partial charge in [-0.1, -0.05) is 0 Å². The van der Waals surface area contributed by atoms with Gasteiger partial charge in [0.25, 0.3) is 0 Å². The number of rotatable bonds is 0. The molecular formula is CH4NOReRfS-. The molecule has 0 aliphatic carbocycles. The second-order valence-electron chi connectivity index (χ2n) is 0.282. The average molecular weight is 531 g/mol. The maximum absolute atomic E-state index is 9.10. The Labute approximate surface area is 47.9 Å². The van der Waals surface area contributed by atoms with Gasteiger partial charge in [-0.05, 0) is 0 Å². The van der Waals surface area contributed by atoms with Crippen LogP contribution in [0.15, 0.2) is 4.36 Å². The Hall–Kier alpha value is -0.388. The van der Waals surface area contributed by atoms with Gasteiger partial charge in [-0.15, -0.1) is 0 Å². The molecule has 0 amide bonds. The quantitative estimate of drug-likeness (QED) is 0.319. The summed E-state index contributed by atoms with van der Waals surface area (Å²) in [4.78, 5) is 0. The molecule has 0 spiro atoms. The Morgan fingerprint density at radius 1 is 1.67 bits per heavy atom. The van der Waals surface area contributed by atoms with Gasteiger partial charge < -0.3 is 8.57 Å². The monoisotopic (exact) mass is 532 g/mol. The first-order chi connectivity index (χ1) is 1.91. The standard InChI is InChI=1S/CH4NOS.Re.Rf/c1-2-4-3;;/h4H,1H3;;/q-1;;. The molecule has 0 aromatic rings. The molecule has 0 rings (SSSR count). The zero-order chi connectivity index (χ0) is 3.41. The molecule has 0 fully saturated rings. The summed E-state index contributed by atoms with van der Waals surface area (Å²) in [5.74, 6) is 0. The van der Waals surface area contributed by atoms with Crippen LogP contribution in [0.4, 0.5) is 0 Å². The van der Waals surface area contributed by atoms with Crippen LogP contribution < -0.4 is 0 Å². The van der Waals surface area contributed by atoms with Crippen molar-refractivity contribution in [3.63, 3.8) is 0 Å². The van der Waals surface area contributed by atoms with E-state index in [4.69, 9.17) is 4.21 Å². The predicted octanol–water partition coefficient (Wildman–Crippen LogP) is -0.0423. The minimum atomic E-state index is -0.127. The van der Waals surface area contributed by atoms with Crippen molar-refractivity contribution in [3.05, 3.63) is 0 Å². The van der Waals surface area contributed by atoms with Crippen LogP contribution in [0.3, 0.4) is 0 Å². The van der Waals surface area contributed by atoms with E-state index in [1.807, 2.05) is 0 Å². The van der Waals surface area contributed by atoms with Gasteiger partial charge in [0.1, 0.15) is 0 Å². The first-order valence-electron chi connectivity index (χ1n) is 0.830. The summed E-state index contributed by atoms with van der Waals surface area (Å²) in [7, 11) is 1.48. The number of nitrogens with zero attached hydrogens (tertiary/aromatic N) is 1. The normalized spacial score (nSPS) is 4.17. The third-order valence-corrected chi connectivity index (χ3v) is 0.245. The van der Waals surface area contributed by atoms with E-state index in [1.165, 1.54) is 7.05 Å². The molecule has 0 aliphatic rings. The van der Waals surface area contributed by atoms with E-state index in [0.29, 0.717) is 0 Å². The van der Waals surface area contributed by atoms with Crippen LogP contribution in [0.5, 0.6) is 0 Å². The second-order valence-corrected chi connectivity index (χ2v) is 0.845. The van der Waals surface area contributed by atoms with Crippen LogP contribution in [0.1, 0.15) is 0 Å². The molecule has 2 nitrogen and oxygen atoms in total. The maximum Gasteiger partial charge on any atom is 0.000515 e. The van der Waals surface area contributed by atoms with Crippen LogP contribution >= 0.6 is 0 Å². The van der Waals surface area contributed by atoms with E-state index in [1.54, 1.807) is 0 Å². The van der Waals surface area contributed by atoms with Crippen molar-refractivity contribution in [1.29, 1.82) is 0 Å².